The lowest BCUT2D eigenvalue weighted by Crippen LogP contribution is -2.51. The standard InChI is InChI=1S/C30H33ClFN5O5/c1-19(18-42-2)37-28(39)23(22-7-5-8-24(32)27(22)31)16-35(30(37)41)17-26(38)34-13-11-21(12-14-34)36-15-10-20-6-3-4-9-25(20)33-29(36)40/h3-9,16,19,21H,10-15,17-18H2,1-2H3,(H,33,40). The molecule has 2 aliphatic heterocycles. The van der Waals surface area contributed by atoms with Gasteiger partial charge in [0, 0.05) is 50.2 Å². The summed E-state index contributed by atoms with van der Waals surface area (Å²) in [5.41, 5.74) is 0.709. The fourth-order valence-corrected chi connectivity index (χ4v) is 5.97. The number of methoxy groups -OCH3 is 1. The van der Waals surface area contributed by atoms with Gasteiger partial charge in [-0.2, -0.15) is 0 Å². The van der Waals surface area contributed by atoms with Gasteiger partial charge in [0.15, 0.2) is 0 Å². The molecule has 0 bridgehead atoms. The van der Waals surface area contributed by atoms with E-state index in [-0.39, 0.29) is 47.3 Å². The number of fused-ring (bicyclic) bond motifs is 1. The Hall–Kier alpha value is -3.96. The zero-order valence-corrected chi connectivity index (χ0v) is 24.3. The van der Waals surface area contributed by atoms with Crippen LogP contribution in [0.5, 0.6) is 0 Å². The van der Waals surface area contributed by atoms with E-state index in [4.69, 9.17) is 16.3 Å². The third-order valence-electron chi connectivity index (χ3n) is 7.98. The smallest absolute Gasteiger partial charge is 0.331 e. The first-order valence-corrected chi connectivity index (χ1v) is 14.3. The quantitative estimate of drug-likeness (QED) is 0.446. The Bertz CT molecular complexity index is 1610. The second kappa shape index (κ2) is 12.5. The van der Waals surface area contributed by atoms with Crippen molar-refractivity contribution < 1.29 is 18.7 Å². The first-order valence-electron chi connectivity index (χ1n) is 13.9. The number of para-hydroxylation sites is 1. The SMILES string of the molecule is COCC(C)n1c(=O)c(-c2cccc(F)c2Cl)cn(CC(=O)N2CCC(N3CCc4ccccc4NC3=O)CC2)c1=O. The topological polar surface area (TPSA) is 106 Å². The molecule has 2 aliphatic rings. The number of piperidine rings is 1. The number of amides is 3. The summed E-state index contributed by atoms with van der Waals surface area (Å²) in [6.07, 6.45) is 3.20. The maximum atomic E-state index is 14.3. The average molecular weight is 598 g/mol. The number of carbonyl (C=O) groups is 2. The number of ether oxygens (including phenoxy) is 1. The minimum absolute atomic E-state index is 0.00161. The van der Waals surface area contributed by atoms with E-state index in [1.807, 2.05) is 29.2 Å². The molecule has 0 aliphatic carbocycles. The Labute approximate surface area is 247 Å². The van der Waals surface area contributed by atoms with Crippen LogP contribution in [0.3, 0.4) is 0 Å². The molecule has 222 valence electrons. The van der Waals surface area contributed by atoms with Crippen LogP contribution >= 0.6 is 11.6 Å². The Balaban J connectivity index is 1.34. The number of nitrogens with zero attached hydrogens (tertiary/aromatic N) is 4. The number of rotatable bonds is 7. The molecule has 1 atom stereocenters. The van der Waals surface area contributed by atoms with Gasteiger partial charge in [-0.05, 0) is 43.9 Å². The molecule has 1 aromatic heterocycles. The number of anilines is 1. The lowest BCUT2D eigenvalue weighted by molar-refractivity contribution is -0.133. The van der Waals surface area contributed by atoms with Gasteiger partial charge in [-0.3, -0.25) is 18.7 Å². The van der Waals surface area contributed by atoms with E-state index in [2.05, 4.69) is 5.32 Å². The predicted octanol–water partition coefficient (Wildman–Crippen LogP) is 3.76. The van der Waals surface area contributed by atoms with Gasteiger partial charge in [-0.25, -0.2) is 14.0 Å². The van der Waals surface area contributed by atoms with Crippen LogP contribution in [0.15, 0.2) is 58.3 Å². The van der Waals surface area contributed by atoms with Gasteiger partial charge in [0.25, 0.3) is 5.56 Å². The highest BCUT2D eigenvalue weighted by molar-refractivity contribution is 6.33. The number of carbonyl (C=O) groups excluding carboxylic acids is 2. The zero-order valence-electron chi connectivity index (χ0n) is 23.5. The molecular formula is C30H33ClFN5O5. The van der Waals surface area contributed by atoms with Gasteiger partial charge in [-0.15, -0.1) is 0 Å². The highest BCUT2D eigenvalue weighted by atomic mass is 35.5. The van der Waals surface area contributed by atoms with Crippen molar-refractivity contribution in [3.8, 4) is 11.1 Å². The second-order valence-electron chi connectivity index (χ2n) is 10.7. The van der Waals surface area contributed by atoms with Crippen LogP contribution in [0.25, 0.3) is 11.1 Å². The summed E-state index contributed by atoms with van der Waals surface area (Å²) in [5, 5.41) is 2.75. The lowest BCUT2D eigenvalue weighted by atomic mass is 10.0. The van der Waals surface area contributed by atoms with Crippen molar-refractivity contribution in [2.24, 2.45) is 0 Å². The molecule has 3 heterocycles. The highest BCUT2D eigenvalue weighted by Crippen LogP contribution is 2.28. The third kappa shape index (κ3) is 5.84. The lowest BCUT2D eigenvalue weighted by Gasteiger charge is -2.38. The number of benzene rings is 2. The molecule has 1 saturated heterocycles. The van der Waals surface area contributed by atoms with E-state index in [1.165, 1.54) is 31.5 Å². The average Bonchev–Trinajstić information content (AvgIpc) is 3.14. The molecule has 1 N–H and O–H groups in total. The van der Waals surface area contributed by atoms with E-state index >= 15 is 0 Å². The molecule has 3 amide bonds. The Morgan fingerprint density at radius 1 is 1.07 bits per heavy atom. The Kier molecular flexibility index (Phi) is 8.79. The third-order valence-corrected chi connectivity index (χ3v) is 8.37. The fourth-order valence-electron chi connectivity index (χ4n) is 5.75. The van der Waals surface area contributed by atoms with Gasteiger partial charge in [0.05, 0.1) is 23.2 Å². The van der Waals surface area contributed by atoms with E-state index in [0.717, 1.165) is 26.8 Å². The molecular weight excluding hydrogens is 565 g/mol. The van der Waals surface area contributed by atoms with E-state index < -0.39 is 23.1 Å². The van der Waals surface area contributed by atoms with Crippen LogP contribution in [0, 0.1) is 5.82 Å². The summed E-state index contributed by atoms with van der Waals surface area (Å²) in [5.74, 6) is -1.01. The van der Waals surface area contributed by atoms with Crippen molar-refractivity contribution in [3.63, 3.8) is 0 Å². The van der Waals surface area contributed by atoms with Crippen molar-refractivity contribution in [2.45, 2.75) is 44.8 Å². The maximum absolute atomic E-state index is 14.3. The fraction of sp³-hybridized carbons (Fsp3) is 0.400. The predicted molar refractivity (Wildman–Crippen MR) is 157 cm³/mol. The number of nitrogens with one attached hydrogen (secondary N) is 1. The summed E-state index contributed by atoms with van der Waals surface area (Å²) in [7, 11) is 1.45. The monoisotopic (exact) mass is 597 g/mol. The highest BCUT2D eigenvalue weighted by Gasteiger charge is 2.31. The first-order chi connectivity index (χ1) is 20.2. The maximum Gasteiger partial charge on any atom is 0.331 e. The van der Waals surface area contributed by atoms with Crippen LogP contribution in [-0.2, 0) is 22.5 Å². The van der Waals surface area contributed by atoms with Crippen molar-refractivity contribution >= 4 is 29.2 Å². The number of urea groups is 1. The molecule has 0 spiro atoms. The van der Waals surface area contributed by atoms with E-state index in [1.54, 1.807) is 11.8 Å². The number of hydrogen-bond acceptors (Lipinski definition) is 5. The van der Waals surface area contributed by atoms with Crippen LogP contribution in [-0.4, -0.2) is 70.3 Å². The van der Waals surface area contributed by atoms with Crippen LogP contribution < -0.4 is 16.6 Å². The molecule has 1 fully saturated rings. The van der Waals surface area contributed by atoms with Crippen molar-refractivity contribution in [1.29, 1.82) is 0 Å². The second-order valence-corrected chi connectivity index (χ2v) is 11.1. The number of aromatic nitrogens is 2. The van der Waals surface area contributed by atoms with Gasteiger partial charge >= 0.3 is 11.7 Å². The zero-order chi connectivity index (χ0) is 30.0. The van der Waals surface area contributed by atoms with E-state index in [9.17, 15) is 23.6 Å². The van der Waals surface area contributed by atoms with Crippen LogP contribution in [0.2, 0.25) is 5.02 Å². The number of likely N-dealkylation sites (tertiary alicyclic amines) is 1. The van der Waals surface area contributed by atoms with Gasteiger partial charge in [0.1, 0.15) is 12.4 Å². The van der Waals surface area contributed by atoms with Crippen molar-refractivity contribution in [2.75, 3.05) is 38.7 Å². The van der Waals surface area contributed by atoms with E-state index in [0.29, 0.717) is 32.5 Å². The van der Waals surface area contributed by atoms with Crippen LogP contribution in [0.4, 0.5) is 14.9 Å². The van der Waals surface area contributed by atoms with Crippen molar-refractivity contribution in [1.82, 2.24) is 18.9 Å². The first kappa shape index (κ1) is 29.5. The Morgan fingerprint density at radius 3 is 2.55 bits per heavy atom. The molecule has 5 rings (SSSR count). The summed E-state index contributed by atoms with van der Waals surface area (Å²) < 4.78 is 21.6. The largest absolute Gasteiger partial charge is 0.383 e. The number of halogens is 2. The summed E-state index contributed by atoms with van der Waals surface area (Å²) in [4.78, 5) is 56.7. The van der Waals surface area contributed by atoms with Gasteiger partial charge in [-0.1, -0.05) is 41.9 Å². The minimum Gasteiger partial charge on any atom is -0.383 e. The molecule has 2 aromatic carbocycles. The molecule has 1 unspecified atom stereocenters. The Morgan fingerprint density at radius 2 is 1.81 bits per heavy atom. The van der Waals surface area contributed by atoms with Crippen molar-refractivity contribution in [3.05, 3.63) is 85.9 Å². The molecule has 0 radical (unpaired) electrons. The summed E-state index contributed by atoms with van der Waals surface area (Å²) in [6.45, 7) is 2.82. The molecule has 0 saturated carbocycles. The summed E-state index contributed by atoms with van der Waals surface area (Å²) in [6, 6.07) is 11.0. The minimum atomic E-state index is -0.705. The molecule has 12 heteroatoms. The molecule has 42 heavy (non-hydrogen) atoms. The normalized spacial score (nSPS) is 16.5. The van der Waals surface area contributed by atoms with Gasteiger partial charge in [0.2, 0.25) is 5.91 Å². The number of hydrogen-bond donors (Lipinski definition) is 1. The van der Waals surface area contributed by atoms with Crippen LogP contribution in [0.1, 0.15) is 31.4 Å². The summed E-state index contributed by atoms with van der Waals surface area (Å²) >= 11 is 6.19. The molecule has 10 nitrogen and oxygen atoms in total. The molecule has 3 aromatic rings. The van der Waals surface area contributed by atoms with Gasteiger partial charge < -0.3 is 19.9 Å².